The number of hydrogen-bond donors (Lipinski definition) is 3. The van der Waals surface area contributed by atoms with Crippen molar-refractivity contribution in [2.45, 2.75) is 13.0 Å². The Kier molecular flexibility index (Phi) is 5.18. The summed E-state index contributed by atoms with van der Waals surface area (Å²) in [6, 6.07) is 12.0. The van der Waals surface area contributed by atoms with Crippen LogP contribution < -0.4 is 10.6 Å². The van der Waals surface area contributed by atoms with Crippen LogP contribution in [0, 0.1) is 5.82 Å². The Morgan fingerprint density at radius 1 is 1.12 bits per heavy atom. The maximum atomic E-state index is 12.8. The molecule has 0 aliphatic carbocycles. The number of fused-ring (bicyclic) bond motifs is 1. The average molecular weight is 326 g/mol. The molecule has 0 fully saturated rings. The number of carbonyl (C=O) groups excluding carboxylic acids is 1. The molecule has 0 radical (unpaired) electrons. The maximum Gasteiger partial charge on any atom is 0.224 e. The molecule has 124 valence electrons. The maximum absolute atomic E-state index is 12.8. The zero-order valence-corrected chi connectivity index (χ0v) is 13.2. The smallest absolute Gasteiger partial charge is 0.224 e. The van der Waals surface area contributed by atoms with E-state index in [0.29, 0.717) is 19.6 Å². The third kappa shape index (κ3) is 4.17. The van der Waals surface area contributed by atoms with Crippen molar-refractivity contribution in [2.75, 3.05) is 13.1 Å². The molecule has 3 rings (SSSR count). The second-order valence-corrected chi connectivity index (χ2v) is 5.58. The third-order valence-electron chi connectivity index (χ3n) is 3.78. The van der Waals surface area contributed by atoms with E-state index in [1.54, 1.807) is 18.3 Å². The van der Waals surface area contributed by atoms with Crippen molar-refractivity contribution in [2.24, 2.45) is 0 Å². The van der Waals surface area contributed by atoms with E-state index in [4.69, 9.17) is 0 Å². The van der Waals surface area contributed by atoms with Crippen LogP contribution >= 0.6 is 0 Å². The first-order valence-corrected chi connectivity index (χ1v) is 7.85. The number of nitrogens with one attached hydrogen (secondary N) is 3. The van der Waals surface area contributed by atoms with Crippen molar-refractivity contribution in [1.29, 1.82) is 0 Å². The number of aromatic amines is 1. The summed E-state index contributed by atoms with van der Waals surface area (Å²) in [5.74, 6) is -0.366. The summed E-state index contributed by atoms with van der Waals surface area (Å²) in [5, 5.41) is 14.3. The molecule has 0 aliphatic rings. The van der Waals surface area contributed by atoms with Crippen molar-refractivity contribution in [3.05, 3.63) is 65.6 Å². The van der Waals surface area contributed by atoms with Crippen LogP contribution in [0.25, 0.3) is 10.9 Å². The molecule has 0 atom stereocenters. The number of aromatic nitrogens is 2. The van der Waals surface area contributed by atoms with E-state index in [1.165, 1.54) is 12.1 Å². The lowest BCUT2D eigenvalue weighted by molar-refractivity contribution is -0.120. The van der Waals surface area contributed by atoms with Gasteiger partial charge in [0.05, 0.1) is 18.1 Å². The number of H-pyrrole nitrogens is 1. The Labute approximate surface area is 139 Å². The van der Waals surface area contributed by atoms with Gasteiger partial charge in [0.2, 0.25) is 5.91 Å². The molecule has 1 amide bonds. The van der Waals surface area contributed by atoms with Gasteiger partial charge in [-0.25, -0.2) is 4.39 Å². The molecule has 2 aromatic carbocycles. The molecule has 0 unspecified atom stereocenters. The fourth-order valence-electron chi connectivity index (χ4n) is 2.54. The standard InChI is InChI=1S/C18H19FN4O/c19-16-6-4-13(5-7-16)10-17(24)21-9-8-20-11-14-2-1-3-15-12-22-23-18(14)15/h1-7,12,20H,8-11H2,(H,21,24)(H,22,23). The molecule has 5 nitrogen and oxygen atoms in total. The third-order valence-corrected chi connectivity index (χ3v) is 3.78. The predicted octanol–water partition coefficient (Wildman–Crippen LogP) is 2.15. The normalized spacial score (nSPS) is 10.9. The molecule has 3 N–H and O–H groups in total. The molecule has 6 heteroatoms. The van der Waals surface area contributed by atoms with Crippen LogP contribution in [0.4, 0.5) is 4.39 Å². The fourth-order valence-corrected chi connectivity index (χ4v) is 2.54. The van der Waals surface area contributed by atoms with E-state index in [-0.39, 0.29) is 18.1 Å². The number of para-hydroxylation sites is 1. The van der Waals surface area contributed by atoms with E-state index >= 15 is 0 Å². The van der Waals surface area contributed by atoms with Crippen LogP contribution in [-0.2, 0) is 17.8 Å². The van der Waals surface area contributed by atoms with Gasteiger partial charge in [0, 0.05) is 25.0 Å². The van der Waals surface area contributed by atoms with Crippen LogP contribution in [0.5, 0.6) is 0 Å². The van der Waals surface area contributed by atoms with Gasteiger partial charge >= 0.3 is 0 Å². The number of carbonyl (C=O) groups is 1. The largest absolute Gasteiger partial charge is 0.355 e. The van der Waals surface area contributed by atoms with Crippen LogP contribution in [0.3, 0.4) is 0 Å². The molecule has 0 saturated carbocycles. The summed E-state index contributed by atoms with van der Waals surface area (Å²) >= 11 is 0. The number of amides is 1. The highest BCUT2D eigenvalue weighted by atomic mass is 19.1. The Bertz CT molecular complexity index is 813. The Balaban J connectivity index is 1.38. The molecular weight excluding hydrogens is 307 g/mol. The van der Waals surface area contributed by atoms with Crippen LogP contribution in [0.2, 0.25) is 0 Å². The molecule has 1 heterocycles. The summed E-state index contributed by atoms with van der Waals surface area (Å²) in [6.45, 7) is 1.91. The van der Waals surface area contributed by atoms with Gasteiger partial charge in [-0.1, -0.05) is 30.3 Å². The number of benzene rings is 2. The second-order valence-electron chi connectivity index (χ2n) is 5.58. The number of nitrogens with zero attached hydrogens (tertiary/aromatic N) is 1. The quantitative estimate of drug-likeness (QED) is 0.583. The van der Waals surface area contributed by atoms with Gasteiger partial charge in [0.1, 0.15) is 5.82 Å². The Morgan fingerprint density at radius 3 is 2.79 bits per heavy atom. The number of halogens is 1. The number of hydrogen-bond acceptors (Lipinski definition) is 3. The zero-order chi connectivity index (χ0) is 16.8. The van der Waals surface area contributed by atoms with Crippen LogP contribution in [0.1, 0.15) is 11.1 Å². The van der Waals surface area contributed by atoms with Gasteiger partial charge in [-0.05, 0) is 23.3 Å². The SMILES string of the molecule is O=C(Cc1ccc(F)cc1)NCCNCc1cccc2cn[nH]c12. The van der Waals surface area contributed by atoms with Gasteiger partial charge in [-0.2, -0.15) is 5.10 Å². The molecule has 0 saturated heterocycles. The molecule has 24 heavy (non-hydrogen) atoms. The minimum absolute atomic E-state index is 0.0703. The molecule has 0 bridgehead atoms. The molecule has 1 aromatic heterocycles. The van der Waals surface area contributed by atoms with Gasteiger partial charge < -0.3 is 10.6 Å². The van der Waals surface area contributed by atoms with Gasteiger partial charge in [0.25, 0.3) is 0 Å². The first-order chi connectivity index (χ1) is 11.7. The highest BCUT2D eigenvalue weighted by molar-refractivity contribution is 5.81. The van der Waals surface area contributed by atoms with E-state index in [0.717, 1.165) is 22.0 Å². The summed E-state index contributed by atoms with van der Waals surface area (Å²) in [6.07, 6.45) is 2.06. The van der Waals surface area contributed by atoms with Crippen molar-refractivity contribution in [1.82, 2.24) is 20.8 Å². The van der Waals surface area contributed by atoms with Gasteiger partial charge in [0.15, 0.2) is 0 Å². The van der Waals surface area contributed by atoms with Crippen LogP contribution in [0.15, 0.2) is 48.7 Å². The molecular formula is C18H19FN4O. The van der Waals surface area contributed by atoms with Crippen molar-refractivity contribution in [3.8, 4) is 0 Å². The highest BCUT2D eigenvalue weighted by Crippen LogP contribution is 2.14. The minimum Gasteiger partial charge on any atom is -0.355 e. The van der Waals surface area contributed by atoms with Crippen molar-refractivity contribution < 1.29 is 9.18 Å². The first kappa shape index (κ1) is 16.1. The predicted molar refractivity (Wildman–Crippen MR) is 90.9 cm³/mol. The summed E-state index contributed by atoms with van der Waals surface area (Å²) in [4.78, 5) is 11.8. The Hall–Kier alpha value is -2.73. The van der Waals surface area contributed by atoms with Gasteiger partial charge in [-0.3, -0.25) is 9.89 Å². The van der Waals surface area contributed by atoms with Crippen LogP contribution in [-0.4, -0.2) is 29.2 Å². The lowest BCUT2D eigenvalue weighted by Gasteiger charge is -2.08. The molecule has 0 aliphatic heterocycles. The van der Waals surface area contributed by atoms with Crippen molar-refractivity contribution in [3.63, 3.8) is 0 Å². The Morgan fingerprint density at radius 2 is 1.96 bits per heavy atom. The van der Waals surface area contributed by atoms with E-state index in [2.05, 4.69) is 20.8 Å². The lowest BCUT2D eigenvalue weighted by Crippen LogP contribution is -2.32. The summed E-state index contributed by atoms with van der Waals surface area (Å²) in [7, 11) is 0. The molecule has 0 spiro atoms. The second kappa shape index (κ2) is 7.70. The lowest BCUT2D eigenvalue weighted by atomic mass is 10.1. The van der Waals surface area contributed by atoms with Crippen molar-refractivity contribution >= 4 is 16.8 Å². The minimum atomic E-state index is -0.296. The van der Waals surface area contributed by atoms with E-state index in [9.17, 15) is 9.18 Å². The summed E-state index contributed by atoms with van der Waals surface area (Å²) < 4.78 is 12.8. The fraction of sp³-hybridized carbons (Fsp3) is 0.222. The molecule has 3 aromatic rings. The summed E-state index contributed by atoms with van der Waals surface area (Å²) in [5.41, 5.74) is 2.97. The highest BCUT2D eigenvalue weighted by Gasteiger charge is 2.04. The monoisotopic (exact) mass is 326 g/mol. The topological polar surface area (TPSA) is 69.8 Å². The number of rotatable bonds is 7. The van der Waals surface area contributed by atoms with Gasteiger partial charge in [-0.15, -0.1) is 0 Å². The van der Waals surface area contributed by atoms with E-state index in [1.807, 2.05) is 18.2 Å². The zero-order valence-electron chi connectivity index (χ0n) is 13.2. The van der Waals surface area contributed by atoms with E-state index < -0.39 is 0 Å². The average Bonchev–Trinajstić information content (AvgIpc) is 3.06. The first-order valence-electron chi connectivity index (χ1n) is 7.85.